The van der Waals surface area contributed by atoms with Gasteiger partial charge in [-0.15, -0.1) is 9.42 Å². The Bertz CT molecular complexity index is 758. The fourth-order valence-corrected chi connectivity index (χ4v) is 3.26. The first-order chi connectivity index (χ1) is 12.1. The van der Waals surface area contributed by atoms with Gasteiger partial charge >= 0.3 is 8.25 Å². The molecule has 0 radical (unpaired) electrons. The average molecular weight is 372 g/mol. The zero-order valence-electron chi connectivity index (χ0n) is 13.4. The Morgan fingerprint density at radius 2 is 2.20 bits per heavy atom. The van der Waals surface area contributed by atoms with Gasteiger partial charge in [0.2, 0.25) is 0 Å². The van der Waals surface area contributed by atoms with Gasteiger partial charge in [-0.3, -0.25) is 4.57 Å². The summed E-state index contributed by atoms with van der Waals surface area (Å²) in [5.41, 5.74) is 6.62. The highest BCUT2D eigenvalue weighted by Crippen LogP contribution is 2.38. The first-order valence-electron chi connectivity index (χ1n) is 7.70. The molecule has 1 fully saturated rings. The monoisotopic (exact) mass is 372 g/mol. The van der Waals surface area contributed by atoms with Crippen molar-refractivity contribution in [3.8, 4) is 0 Å². The van der Waals surface area contributed by atoms with Gasteiger partial charge in [0.25, 0.3) is 0 Å². The van der Waals surface area contributed by atoms with Crippen LogP contribution in [0.5, 0.6) is 0 Å². The van der Waals surface area contributed by atoms with Gasteiger partial charge in [-0.1, -0.05) is 6.92 Å². The number of ether oxygens (including phenoxy) is 2. The number of nitrogens with zero attached hydrogens (tertiary/aromatic N) is 4. The molecular formula is C13H19N5O6P+. The van der Waals surface area contributed by atoms with E-state index in [9.17, 15) is 9.67 Å². The van der Waals surface area contributed by atoms with Crippen LogP contribution >= 0.6 is 8.25 Å². The number of fused-ring (bicyclic) bond motifs is 1. The third kappa shape index (κ3) is 3.47. The molecule has 4 N–H and O–H groups in total. The quantitative estimate of drug-likeness (QED) is 0.571. The zero-order valence-corrected chi connectivity index (χ0v) is 14.3. The van der Waals surface area contributed by atoms with Crippen LogP contribution in [-0.4, -0.2) is 61.0 Å². The topological polar surface area (TPSA) is 155 Å². The van der Waals surface area contributed by atoms with Crippen LogP contribution in [0.25, 0.3) is 11.2 Å². The number of nitrogens with two attached hydrogens (primary N) is 1. The summed E-state index contributed by atoms with van der Waals surface area (Å²) in [6, 6.07) is 0. The molecule has 0 spiro atoms. The Hall–Kier alpha value is -1.75. The maximum Gasteiger partial charge on any atom is 0.695 e. The average Bonchev–Trinajstić information content (AvgIpc) is 3.15. The highest BCUT2D eigenvalue weighted by atomic mass is 31.1. The maximum absolute atomic E-state index is 11.2. The molecule has 11 nitrogen and oxygen atoms in total. The SMILES string of the molecule is CCCOC1C(O[P+](=O)O)C(CO)OC1n1cnc2c(N)ncnc21. The minimum Gasteiger partial charge on any atom is -0.394 e. The molecule has 1 aliphatic rings. The van der Waals surface area contributed by atoms with Gasteiger partial charge in [-0.05, 0) is 6.42 Å². The van der Waals surface area contributed by atoms with Crippen molar-refractivity contribution < 1.29 is 28.6 Å². The fraction of sp³-hybridized carbons (Fsp3) is 0.615. The highest BCUT2D eigenvalue weighted by Gasteiger charge is 2.51. The van der Waals surface area contributed by atoms with Crippen LogP contribution in [0.3, 0.4) is 0 Å². The molecule has 2 aromatic rings. The number of anilines is 1. The molecular weight excluding hydrogens is 353 g/mol. The molecule has 0 amide bonds. The van der Waals surface area contributed by atoms with E-state index in [4.69, 9.17) is 24.6 Å². The molecule has 25 heavy (non-hydrogen) atoms. The van der Waals surface area contributed by atoms with E-state index in [0.717, 1.165) is 6.42 Å². The van der Waals surface area contributed by atoms with Crippen LogP contribution in [-0.2, 0) is 18.6 Å². The third-order valence-corrected chi connectivity index (χ3v) is 4.28. The second kappa shape index (κ2) is 7.65. The summed E-state index contributed by atoms with van der Waals surface area (Å²) in [6.45, 7) is 1.91. The highest BCUT2D eigenvalue weighted by molar-refractivity contribution is 7.32. The summed E-state index contributed by atoms with van der Waals surface area (Å²) in [5, 5.41) is 9.56. The van der Waals surface area contributed by atoms with Crippen molar-refractivity contribution in [1.82, 2.24) is 19.5 Å². The van der Waals surface area contributed by atoms with Crippen molar-refractivity contribution in [2.75, 3.05) is 18.9 Å². The van der Waals surface area contributed by atoms with Crippen LogP contribution in [0.4, 0.5) is 5.82 Å². The predicted octanol–water partition coefficient (Wildman–Crippen LogP) is 0.128. The van der Waals surface area contributed by atoms with E-state index in [1.807, 2.05) is 6.92 Å². The minimum absolute atomic E-state index is 0.220. The van der Waals surface area contributed by atoms with Crippen LogP contribution in [0, 0.1) is 0 Å². The summed E-state index contributed by atoms with van der Waals surface area (Å²) >= 11 is 0. The number of nitrogen functional groups attached to an aromatic ring is 1. The van der Waals surface area contributed by atoms with Crippen molar-refractivity contribution in [1.29, 1.82) is 0 Å². The summed E-state index contributed by atoms with van der Waals surface area (Å²) < 4.78 is 29.4. The van der Waals surface area contributed by atoms with Crippen LogP contribution in [0.15, 0.2) is 12.7 Å². The van der Waals surface area contributed by atoms with E-state index >= 15 is 0 Å². The summed E-state index contributed by atoms with van der Waals surface area (Å²) in [5.74, 6) is 0.220. The summed E-state index contributed by atoms with van der Waals surface area (Å²) in [4.78, 5) is 21.4. The van der Waals surface area contributed by atoms with Crippen LogP contribution in [0.2, 0.25) is 0 Å². The number of aliphatic hydroxyl groups is 1. The summed E-state index contributed by atoms with van der Waals surface area (Å²) in [7, 11) is -2.89. The van der Waals surface area contributed by atoms with Crippen LogP contribution in [0.1, 0.15) is 19.6 Å². The van der Waals surface area contributed by atoms with Crippen molar-refractivity contribution >= 4 is 25.2 Å². The van der Waals surface area contributed by atoms with E-state index < -0.39 is 39.4 Å². The second-order valence-corrected chi connectivity index (χ2v) is 6.16. The Labute approximate surface area is 143 Å². The maximum atomic E-state index is 11.2. The van der Waals surface area contributed by atoms with Gasteiger partial charge < -0.3 is 20.3 Å². The zero-order chi connectivity index (χ0) is 18.0. The van der Waals surface area contributed by atoms with Crippen molar-refractivity contribution in [2.45, 2.75) is 37.9 Å². The molecule has 0 aromatic carbocycles. The molecule has 0 bridgehead atoms. The molecule has 3 heterocycles. The lowest BCUT2D eigenvalue weighted by Gasteiger charge is -2.21. The normalized spacial score (nSPS) is 27.1. The number of hydrogen-bond acceptors (Lipinski definition) is 9. The minimum atomic E-state index is -2.89. The largest absolute Gasteiger partial charge is 0.695 e. The third-order valence-electron chi connectivity index (χ3n) is 3.85. The fourth-order valence-electron chi connectivity index (χ4n) is 2.80. The first kappa shape index (κ1) is 18.1. The Morgan fingerprint density at radius 1 is 1.40 bits per heavy atom. The van der Waals surface area contributed by atoms with Gasteiger partial charge in [-0.2, -0.15) is 0 Å². The van der Waals surface area contributed by atoms with E-state index in [1.165, 1.54) is 12.7 Å². The van der Waals surface area contributed by atoms with Gasteiger partial charge in [0.1, 0.15) is 24.1 Å². The lowest BCUT2D eigenvalue weighted by Crippen LogP contribution is -2.36. The van der Waals surface area contributed by atoms with Gasteiger partial charge in [0.15, 0.2) is 23.8 Å². The molecule has 1 saturated heterocycles. The smallest absolute Gasteiger partial charge is 0.394 e. The standard InChI is InChI=1S/C13H18N5O6P/c1-2-3-22-10-9(24-25(20)21)7(4-19)23-13(10)18-6-17-8-11(14)15-5-16-12(8)18/h5-7,9-10,13,19H,2-4H2,1H3,(H2-,14,15,16,20,21)/p+1. The van der Waals surface area contributed by atoms with Crippen molar-refractivity contribution in [3.63, 3.8) is 0 Å². The van der Waals surface area contributed by atoms with E-state index in [2.05, 4.69) is 15.0 Å². The Morgan fingerprint density at radius 3 is 2.88 bits per heavy atom. The number of hydrogen-bond donors (Lipinski definition) is 3. The van der Waals surface area contributed by atoms with E-state index in [0.29, 0.717) is 17.8 Å². The van der Waals surface area contributed by atoms with E-state index in [1.54, 1.807) is 4.57 Å². The molecule has 136 valence electrons. The van der Waals surface area contributed by atoms with Gasteiger partial charge in [0.05, 0.1) is 12.9 Å². The van der Waals surface area contributed by atoms with E-state index in [-0.39, 0.29) is 5.82 Å². The molecule has 0 aliphatic carbocycles. The number of aromatic nitrogens is 4. The molecule has 12 heteroatoms. The van der Waals surface area contributed by atoms with Crippen molar-refractivity contribution in [2.24, 2.45) is 0 Å². The molecule has 3 rings (SSSR count). The number of imidazole rings is 1. The Balaban J connectivity index is 1.99. The molecule has 5 unspecified atom stereocenters. The summed E-state index contributed by atoms with van der Waals surface area (Å²) in [6.07, 6.45) is 0.235. The number of rotatable bonds is 7. The molecule has 2 aromatic heterocycles. The number of aliphatic hydroxyl groups excluding tert-OH is 1. The molecule has 1 aliphatic heterocycles. The molecule has 5 atom stereocenters. The Kier molecular flexibility index (Phi) is 5.52. The lowest BCUT2D eigenvalue weighted by molar-refractivity contribution is -0.0698. The van der Waals surface area contributed by atoms with Gasteiger partial charge in [0, 0.05) is 11.2 Å². The van der Waals surface area contributed by atoms with Crippen LogP contribution < -0.4 is 5.73 Å². The first-order valence-corrected chi connectivity index (χ1v) is 8.83. The lowest BCUT2D eigenvalue weighted by atomic mass is 10.1. The van der Waals surface area contributed by atoms with Crippen molar-refractivity contribution in [3.05, 3.63) is 12.7 Å². The van der Waals surface area contributed by atoms with Gasteiger partial charge in [-0.25, -0.2) is 15.0 Å². The molecule has 0 saturated carbocycles. The predicted molar refractivity (Wildman–Crippen MR) is 85.5 cm³/mol. The second-order valence-electron chi connectivity index (χ2n) is 5.47.